The highest BCUT2D eigenvalue weighted by molar-refractivity contribution is 5.69. The van der Waals surface area contributed by atoms with Gasteiger partial charge in [-0.15, -0.1) is 5.48 Å². The van der Waals surface area contributed by atoms with Crippen LogP contribution in [-0.2, 0) is 14.4 Å². The molecule has 0 spiro atoms. The Balaban J connectivity index is 3.20. The number of aliphatic hydroxyl groups excluding tert-OH is 2. The predicted molar refractivity (Wildman–Crippen MR) is 70.5 cm³/mol. The molecule has 0 radical (unpaired) electrons. The van der Waals surface area contributed by atoms with Crippen LogP contribution in [0.1, 0.15) is 38.5 Å². The van der Waals surface area contributed by atoms with Crippen LogP contribution in [0.5, 0.6) is 0 Å². The van der Waals surface area contributed by atoms with Crippen molar-refractivity contribution in [1.82, 2.24) is 10.8 Å². The summed E-state index contributed by atoms with van der Waals surface area (Å²) in [6.07, 6.45) is 4.18. The number of ether oxygens (including phenoxy) is 1. The number of hydrogen-bond acceptors (Lipinski definition) is 7. The predicted octanol–water partition coefficient (Wildman–Crippen LogP) is 0.0431. The number of nitrogens with one attached hydrogen (secondary N) is 2. The van der Waals surface area contributed by atoms with E-state index >= 15 is 0 Å². The number of carbonyl (C=O) groups is 2. The standard InChI is InChI=1S/C12H24N2O6/c15-8-9-19-11(17)6-4-2-1-3-5-7-13-12(18)20-14-10-16/h14-16H,1-10H2,(H,13,18). The van der Waals surface area contributed by atoms with Crippen LogP contribution >= 0.6 is 0 Å². The Hall–Kier alpha value is -1.38. The zero-order valence-corrected chi connectivity index (χ0v) is 11.6. The third kappa shape index (κ3) is 13.1. The fraction of sp³-hybridized carbons (Fsp3) is 0.833. The molecule has 1 amide bonds. The maximum atomic E-state index is 11.1. The SMILES string of the molecule is O=C(CCCCCCCNC(=O)ONCO)OCCO. The average molecular weight is 292 g/mol. The molecule has 8 heteroatoms. The maximum absolute atomic E-state index is 11.1. The molecule has 0 fully saturated rings. The van der Waals surface area contributed by atoms with Crippen LogP contribution in [0.2, 0.25) is 0 Å². The average Bonchev–Trinajstić information content (AvgIpc) is 2.45. The molecule has 0 bridgehead atoms. The highest BCUT2D eigenvalue weighted by Crippen LogP contribution is 2.05. The van der Waals surface area contributed by atoms with Crippen LogP contribution in [0, 0.1) is 0 Å². The van der Waals surface area contributed by atoms with E-state index < -0.39 is 12.8 Å². The van der Waals surface area contributed by atoms with E-state index in [-0.39, 0.29) is 19.2 Å². The molecule has 0 aromatic heterocycles. The first-order chi connectivity index (χ1) is 9.70. The second-order valence-corrected chi connectivity index (χ2v) is 4.08. The van der Waals surface area contributed by atoms with E-state index in [9.17, 15) is 9.59 Å². The van der Waals surface area contributed by atoms with Crippen LogP contribution in [0.4, 0.5) is 4.79 Å². The van der Waals surface area contributed by atoms with E-state index in [0.717, 1.165) is 32.1 Å². The third-order valence-corrected chi connectivity index (χ3v) is 2.41. The number of rotatable bonds is 12. The van der Waals surface area contributed by atoms with Crippen LogP contribution in [0.15, 0.2) is 0 Å². The summed E-state index contributed by atoms with van der Waals surface area (Å²) in [5.41, 5.74) is 2.03. The second-order valence-electron chi connectivity index (χ2n) is 4.08. The molecule has 118 valence electrons. The zero-order chi connectivity index (χ0) is 15.1. The molecule has 0 aromatic rings. The number of hydrogen-bond donors (Lipinski definition) is 4. The number of esters is 1. The highest BCUT2D eigenvalue weighted by Gasteiger charge is 2.02. The molecule has 0 saturated carbocycles. The van der Waals surface area contributed by atoms with E-state index in [4.69, 9.17) is 14.9 Å². The molecule has 0 aliphatic carbocycles. The molecule has 20 heavy (non-hydrogen) atoms. The zero-order valence-electron chi connectivity index (χ0n) is 11.6. The summed E-state index contributed by atoms with van der Waals surface area (Å²) in [5.74, 6) is -0.278. The van der Waals surface area contributed by atoms with Crippen LogP contribution in [0.25, 0.3) is 0 Å². The Kier molecular flexibility index (Phi) is 13.1. The summed E-state index contributed by atoms with van der Waals surface area (Å²) >= 11 is 0. The minimum Gasteiger partial charge on any atom is -0.463 e. The first-order valence-corrected chi connectivity index (χ1v) is 6.75. The lowest BCUT2D eigenvalue weighted by atomic mass is 10.1. The lowest BCUT2D eigenvalue weighted by molar-refractivity contribution is -0.144. The van der Waals surface area contributed by atoms with Crippen LogP contribution in [-0.4, -0.2) is 48.8 Å². The van der Waals surface area contributed by atoms with Gasteiger partial charge in [-0.1, -0.05) is 19.3 Å². The number of unbranched alkanes of at least 4 members (excludes halogenated alkanes) is 4. The van der Waals surface area contributed by atoms with E-state index in [1.165, 1.54) is 0 Å². The summed E-state index contributed by atoms with van der Waals surface area (Å²) in [6, 6.07) is 0. The summed E-state index contributed by atoms with van der Waals surface area (Å²) in [7, 11) is 0. The van der Waals surface area contributed by atoms with Crippen molar-refractivity contribution in [2.24, 2.45) is 0 Å². The van der Waals surface area contributed by atoms with Gasteiger partial charge in [-0.05, 0) is 12.8 Å². The van der Waals surface area contributed by atoms with E-state index in [2.05, 4.69) is 10.2 Å². The Morgan fingerprint density at radius 3 is 2.40 bits per heavy atom. The third-order valence-electron chi connectivity index (χ3n) is 2.41. The topological polar surface area (TPSA) is 117 Å². The van der Waals surface area contributed by atoms with Crippen molar-refractivity contribution >= 4 is 12.1 Å². The van der Waals surface area contributed by atoms with Gasteiger partial charge in [0.1, 0.15) is 13.3 Å². The summed E-state index contributed by atoms with van der Waals surface area (Å²) < 4.78 is 4.72. The molecule has 0 atom stereocenters. The van der Waals surface area contributed by atoms with Crippen molar-refractivity contribution in [2.75, 3.05) is 26.5 Å². The lowest BCUT2D eigenvalue weighted by Crippen LogP contribution is -2.31. The van der Waals surface area contributed by atoms with Gasteiger partial charge in [0.2, 0.25) is 0 Å². The lowest BCUT2D eigenvalue weighted by Gasteiger charge is -2.05. The van der Waals surface area contributed by atoms with Crippen molar-refractivity contribution in [3.8, 4) is 0 Å². The molecule has 4 N–H and O–H groups in total. The molecule has 0 heterocycles. The smallest absolute Gasteiger partial charge is 0.426 e. The van der Waals surface area contributed by atoms with Crippen molar-refractivity contribution in [2.45, 2.75) is 38.5 Å². The highest BCUT2D eigenvalue weighted by atomic mass is 16.7. The van der Waals surface area contributed by atoms with Crippen LogP contribution < -0.4 is 10.8 Å². The van der Waals surface area contributed by atoms with E-state index in [1.807, 2.05) is 5.48 Å². The van der Waals surface area contributed by atoms with Crippen molar-refractivity contribution in [3.63, 3.8) is 0 Å². The monoisotopic (exact) mass is 292 g/mol. The first kappa shape index (κ1) is 18.6. The van der Waals surface area contributed by atoms with Gasteiger partial charge in [0.15, 0.2) is 0 Å². The van der Waals surface area contributed by atoms with Gasteiger partial charge in [0.05, 0.1) is 6.61 Å². The molecule has 0 unspecified atom stereocenters. The number of amides is 1. The minimum atomic E-state index is -0.620. The van der Waals surface area contributed by atoms with Crippen molar-refractivity contribution in [3.05, 3.63) is 0 Å². The first-order valence-electron chi connectivity index (χ1n) is 6.75. The van der Waals surface area contributed by atoms with Gasteiger partial charge >= 0.3 is 12.1 Å². The van der Waals surface area contributed by atoms with Crippen LogP contribution in [0.3, 0.4) is 0 Å². The van der Waals surface area contributed by atoms with Gasteiger partial charge in [0, 0.05) is 13.0 Å². The molecule has 0 saturated heterocycles. The number of carbonyl (C=O) groups excluding carboxylic acids is 2. The van der Waals surface area contributed by atoms with E-state index in [1.54, 1.807) is 0 Å². The quantitative estimate of drug-likeness (QED) is 0.174. The van der Waals surface area contributed by atoms with Gasteiger partial charge in [-0.2, -0.15) is 0 Å². The summed E-state index contributed by atoms with van der Waals surface area (Å²) in [4.78, 5) is 26.4. The molecule has 0 aliphatic rings. The molecule has 0 aliphatic heterocycles. The summed E-state index contributed by atoms with van der Waals surface area (Å²) in [5, 5.41) is 19.3. The van der Waals surface area contributed by atoms with E-state index in [0.29, 0.717) is 13.0 Å². The molecular formula is C12H24N2O6. The Bertz CT molecular complexity index is 236. The summed E-state index contributed by atoms with van der Waals surface area (Å²) in [6.45, 7) is -0.000613. The van der Waals surface area contributed by atoms with Gasteiger partial charge < -0.3 is 25.1 Å². The van der Waals surface area contributed by atoms with Gasteiger partial charge in [-0.25, -0.2) is 4.79 Å². The molecule has 0 rings (SSSR count). The fourth-order valence-corrected chi connectivity index (χ4v) is 1.48. The fourth-order valence-electron chi connectivity index (χ4n) is 1.48. The largest absolute Gasteiger partial charge is 0.463 e. The van der Waals surface area contributed by atoms with Crippen molar-refractivity contribution in [1.29, 1.82) is 0 Å². The van der Waals surface area contributed by atoms with Gasteiger partial charge in [-0.3, -0.25) is 4.79 Å². The Morgan fingerprint density at radius 2 is 1.70 bits per heavy atom. The van der Waals surface area contributed by atoms with Crippen molar-refractivity contribution < 1.29 is 29.4 Å². The Morgan fingerprint density at radius 1 is 1.00 bits per heavy atom. The Labute approximate surface area is 118 Å². The second kappa shape index (κ2) is 14.0. The normalized spacial score (nSPS) is 10.1. The maximum Gasteiger partial charge on any atom is 0.426 e. The van der Waals surface area contributed by atoms with Gasteiger partial charge in [0.25, 0.3) is 0 Å². The molecule has 8 nitrogen and oxygen atoms in total. The number of aliphatic hydroxyl groups is 2. The number of hydroxylamine groups is 1. The minimum absolute atomic E-state index is 0.0613. The molecule has 0 aromatic carbocycles. The molecular weight excluding hydrogens is 268 g/mol.